The summed E-state index contributed by atoms with van der Waals surface area (Å²) in [6, 6.07) is 0. The molecule has 0 unspecified atom stereocenters. The van der Waals surface area contributed by atoms with E-state index in [4.69, 9.17) is 23.2 Å². The normalized spacial score (nSPS) is 13.4. The lowest BCUT2D eigenvalue weighted by molar-refractivity contribution is 0.876. The summed E-state index contributed by atoms with van der Waals surface area (Å²) < 4.78 is 0. The largest absolute Gasteiger partial charge is 0.300 e. The molecule has 3 aromatic rings. The Bertz CT molecular complexity index is 1430. The molecule has 7 nitrogen and oxygen atoms in total. The van der Waals surface area contributed by atoms with Gasteiger partial charge in [-0.1, -0.05) is 84.1 Å². The Morgan fingerprint density at radius 3 is 2.32 bits per heavy atom. The van der Waals surface area contributed by atoms with E-state index >= 15 is 0 Å². The number of H-pyrrole nitrogens is 1. The zero-order valence-electron chi connectivity index (χ0n) is 16.0. The van der Waals surface area contributed by atoms with Gasteiger partial charge in [0.05, 0.1) is 24.7 Å². The molecule has 0 bridgehead atoms. The molecule has 2 aliphatic heterocycles. The third-order valence-corrected chi connectivity index (χ3v) is 8.94. The Hall–Kier alpha value is -1.24. The number of benzene rings is 1. The smallest absolute Gasteiger partial charge is 0.267 e. The number of nitrogens with one attached hydrogen (secondary N) is 1. The van der Waals surface area contributed by atoms with Gasteiger partial charge in [-0.25, -0.2) is 24.9 Å². The van der Waals surface area contributed by atoms with Crippen LogP contribution in [0.2, 0.25) is 10.0 Å². The molecule has 13 heteroatoms. The number of thioether (sulfide) groups is 2. The Labute approximate surface area is 203 Å². The summed E-state index contributed by atoms with van der Waals surface area (Å²) in [4.78, 5) is 40.5. The Morgan fingerprint density at radius 1 is 0.935 bits per heavy atom. The number of aromatic nitrogens is 4. The van der Waals surface area contributed by atoms with Gasteiger partial charge in [-0.05, 0) is 11.5 Å². The predicted molar refractivity (Wildman–Crippen MR) is 126 cm³/mol. The van der Waals surface area contributed by atoms with E-state index in [1.54, 1.807) is 18.0 Å². The zero-order valence-corrected chi connectivity index (χ0v) is 20.8. The minimum absolute atomic E-state index is 0.254. The summed E-state index contributed by atoms with van der Waals surface area (Å²) in [6.07, 6.45) is 1.75. The van der Waals surface area contributed by atoms with Crippen LogP contribution in [0, 0.1) is 0 Å². The van der Waals surface area contributed by atoms with Gasteiger partial charge in [-0.2, -0.15) is 0 Å². The predicted octanol–water partition coefficient (Wildman–Crippen LogP) is 4.92. The van der Waals surface area contributed by atoms with Gasteiger partial charge < -0.3 is 4.98 Å². The fourth-order valence-electron chi connectivity index (χ4n) is 2.93. The van der Waals surface area contributed by atoms with Gasteiger partial charge >= 0.3 is 0 Å². The molecule has 5 rings (SSSR count). The molecule has 0 saturated heterocycles. The topological polar surface area (TPSA) is 96.2 Å². The van der Waals surface area contributed by atoms with Crippen molar-refractivity contribution in [2.75, 3.05) is 11.5 Å². The molecule has 2 aliphatic rings. The van der Waals surface area contributed by atoms with Crippen molar-refractivity contribution >= 4 is 81.9 Å². The van der Waals surface area contributed by atoms with Crippen molar-refractivity contribution < 1.29 is 0 Å². The van der Waals surface area contributed by atoms with E-state index in [0.717, 1.165) is 16.4 Å². The lowest BCUT2D eigenvalue weighted by Gasteiger charge is -2.18. The van der Waals surface area contributed by atoms with Crippen LogP contribution < -0.4 is 16.3 Å². The van der Waals surface area contributed by atoms with Crippen LogP contribution >= 0.6 is 70.2 Å². The van der Waals surface area contributed by atoms with E-state index in [1.807, 2.05) is 13.8 Å². The molecule has 1 N–H and O–H groups in total. The van der Waals surface area contributed by atoms with Crippen LogP contribution in [0.1, 0.15) is 13.8 Å². The first-order chi connectivity index (χ1) is 15.0. The third kappa shape index (κ3) is 3.79. The van der Waals surface area contributed by atoms with Crippen LogP contribution in [0.5, 0.6) is 0 Å². The van der Waals surface area contributed by atoms with E-state index in [0.29, 0.717) is 57.4 Å². The SMILES string of the molecule is CCSc1ncc2c(n1)N=c1c(Cl)c3c(c(Cl)c1S2)=Nc1nc(SCC)[nH]c(=O)c1S3. The zero-order chi connectivity index (χ0) is 21.7. The van der Waals surface area contributed by atoms with E-state index in [1.165, 1.54) is 35.3 Å². The number of halogens is 2. The highest BCUT2D eigenvalue weighted by Gasteiger charge is 2.28. The van der Waals surface area contributed by atoms with Crippen LogP contribution in [0.15, 0.2) is 50.9 Å². The molecular formula is C18H12Cl2N6OS4. The highest BCUT2D eigenvalue weighted by Crippen LogP contribution is 2.43. The number of nitrogens with zero attached hydrogens (tertiary/aromatic N) is 5. The monoisotopic (exact) mass is 526 g/mol. The first-order valence-electron chi connectivity index (χ1n) is 9.11. The van der Waals surface area contributed by atoms with Crippen LogP contribution in [0.4, 0.5) is 11.6 Å². The van der Waals surface area contributed by atoms with E-state index in [-0.39, 0.29) is 5.56 Å². The minimum atomic E-state index is -0.254. The first kappa shape index (κ1) is 21.6. The standard InChI is InChI=1S/C18H12Cl2N6OS4/c1-3-28-17-21-5-6-14(24-17)22-9-8(20)12-10(7(19)11(9)30-6)23-15-13(31-12)16(27)26-18(25-15)29-4-2/h5H,3-4H2,1-2H3,(H,25,26,27). The summed E-state index contributed by atoms with van der Waals surface area (Å²) in [5.74, 6) is 2.54. The molecule has 0 amide bonds. The highest BCUT2D eigenvalue weighted by atomic mass is 35.5. The molecule has 0 spiro atoms. The van der Waals surface area contributed by atoms with E-state index < -0.39 is 0 Å². The van der Waals surface area contributed by atoms with Crippen molar-refractivity contribution in [3.05, 3.63) is 37.3 Å². The molecule has 31 heavy (non-hydrogen) atoms. The molecule has 0 atom stereocenters. The minimum Gasteiger partial charge on any atom is -0.300 e. The molecule has 4 heterocycles. The number of aromatic amines is 1. The van der Waals surface area contributed by atoms with Crippen molar-refractivity contribution in [1.82, 2.24) is 19.9 Å². The quantitative estimate of drug-likeness (QED) is 0.260. The first-order valence-corrected chi connectivity index (χ1v) is 13.5. The second-order valence-electron chi connectivity index (χ2n) is 6.14. The van der Waals surface area contributed by atoms with Gasteiger partial charge in [-0.15, -0.1) is 0 Å². The highest BCUT2D eigenvalue weighted by molar-refractivity contribution is 8.00. The van der Waals surface area contributed by atoms with Gasteiger partial charge in [0, 0.05) is 6.20 Å². The van der Waals surface area contributed by atoms with Crippen LogP contribution in [-0.4, -0.2) is 31.4 Å². The van der Waals surface area contributed by atoms with Gasteiger partial charge in [0.15, 0.2) is 21.9 Å². The summed E-state index contributed by atoms with van der Waals surface area (Å²) in [5.41, 5.74) is -0.254. The Balaban J connectivity index is 1.73. The average Bonchev–Trinajstić information content (AvgIpc) is 2.76. The van der Waals surface area contributed by atoms with Crippen molar-refractivity contribution in [1.29, 1.82) is 0 Å². The molecule has 0 fully saturated rings. The molecule has 2 aromatic heterocycles. The summed E-state index contributed by atoms with van der Waals surface area (Å²) >= 11 is 19.1. The molecule has 1 aromatic carbocycles. The maximum Gasteiger partial charge on any atom is 0.267 e. The maximum atomic E-state index is 12.6. The fourth-order valence-corrected chi connectivity index (χ4v) is 6.75. The van der Waals surface area contributed by atoms with Gasteiger partial charge in [-0.3, -0.25) is 4.79 Å². The second-order valence-corrected chi connectivity index (χ2v) is 11.5. The van der Waals surface area contributed by atoms with Crippen molar-refractivity contribution in [3.63, 3.8) is 0 Å². The maximum absolute atomic E-state index is 12.6. The molecule has 0 radical (unpaired) electrons. The molecule has 0 saturated carbocycles. The number of hydrogen-bond acceptors (Lipinski definition) is 10. The second kappa shape index (κ2) is 8.60. The van der Waals surface area contributed by atoms with Crippen molar-refractivity contribution in [3.8, 4) is 0 Å². The number of hydrogen-bond donors (Lipinski definition) is 1. The Morgan fingerprint density at radius 2 is 1.61 bits per heavy atom. The molecular weight excluding hydrogens is 515 g/mol. The summed E-state index contributed by atoms with van der Waals surface area (Å²) in [7, 11) is 0. The Kier molecular flexibility index (Phi) is 5.99. The van der Waals surface area contributed by atoms with Gasteiger partial charge in [0.1, 0.15) is 15.6 Å². The number of fused-ring (bicyclic) bond motifs is 4. The van der Waals surface area contributed by atoms with Gasteiger partial charge in [0.2, 0.25) is 0 Å². The lowest BCUT2D eigenvalue weighted by Crippen LogP contribution is -2.24. The van der Waals surface area contributed by atoms with E-state index in [9.17, 15) is 4.79 Å². The van der Waals surface area contributed by atoms with Crippen molar-refractivity contribution in [2.24, 2.45) is 9.98 Å². The number of rotatable bonds is 4. The molecule has 158 valence electrons. The lowest BCUT2D eigenvalue weighted by atomic mass is 10.3. The van der Waals surface area contributed by atoms with Crippen LogP contribution in [0.3, 0.4) is 0 Å². The molecule has 0 aliphatic carbocycles. The summed E-state index contributed by atoms with van der Waals surface area (Å²) in [5, 5.41) is 3.02. The fraction of sp³-hybridized carbons (Fsp3) is 0.222. The van der Waals surface area contributed by atoms with E-state index in [2.05, 4.69) is 29.9 Å². The van der Waals surface area contributed by atoms with Crippen molar-refractivity contribution in [2.45, 2.75) is 43.7 Å². The third-order valence-electron chi connectivity index (χ3n) is 4.20. The van der Waals surface area contributed by atoms with Crippen LogP contribution in [0.25, 0.3) is 0 Å². The van der Waals surface area contributed by atoms with Gasteiger partial charge in [0.25, 0.3) is 5.56 Å². The average molecular weight is 528 g/mol. The summed E-state index contributed by atoms with van der Waals surface area (Å²) in [6.45, 7) is 4.02. The van der Waals surface area contributed by atoms with Crippen LogP contribution in [-0.2, 0) is 0 Å².